The lowest BCUT2D eigenvalue weighted by Gasteiger charge is -2.20. The molecule has 0 saturated heterocycles. The Morgan fingerprint density at radius 1 is 1.05 bits per heavy atom. The molecule has 19 heavy (non-hydrogen) atoms. The fraction of sp³-hybridized carbons (Fsp3) is 0.294. The third kappa shape index (κ3) is 3.03. The van der Waals surface area contributed by atoms with Crippen molar-refractivity contribution < 1.29 is 0 Å². The van der Waals surface area contributed by atoms with Crippen LogP contribution in [-0.4, -0.2) is 0 Å². The molecule has 0 fully saturated rings. The van der Waals surface area contributed by atoms with E-state index in [-0.39, 0.29) is 6.04 Å². The summed E-state index contributed by atoms with van der Waals surface area (Å²) in [5.74, 6) is 5.78. The van der Waals surface area contributed by atoms with Crippen LogP contribution in [0.4, 0.5) is 0 Å². The minimum atomic E-state index is 0.0470. The van der Waals surface area contributed by atoms with Gasteiger partial charge in [0.05, 0.1) is 6.04 Å². The number of nitrogens with one attached hydrogen (secondary N) is 1. The van der Waals surface area contributed by atoms with Crippen LogP contribution in [0, 0.1) is 13.8 Å². The zero-order valence-corrected chi connectivity index (χ0v) is 11.9. The van der Waals surface area contributed by atoms with Crippen molar-refractivity contribution in [1.29, 1.82) is 0 Å². The maximum Gasteiger partial charge on any atom is 0.0712 e. The molecule has 2 nitrogen and oxygen atoms in total. The third-order valence-corrected chi connectivity index (χ3v) is 3.63. The van der Waals surface area contributed by atoms with Crippen molar-refractivity contribution in [2.75, 3.05) is 0 Å². The van der Waals surface area contributed by atoms with Gasteiger partial charge in [0.2, 0.25) is 0 Å². The highest BCUT2D eigenvalue weighted by Crippen LogP contribution is 2.25. The highest BCUT2D eigenvalue weighted by molar-refractivity contribution is 5.39. The van der Waals surface area contributed by atoms with E-state index in [4.69, 9.17) is 5.84 Å². The highest BCUT2D eigenvalue weighted by atomic mass is 15.2. The Hall–Kier alpha value is -1.64. The smallest absolute Gasteiger partial charge is 0.0712 e. The van der Waals surface area contributed by atoms with Gasteiger partial charge in [0, 0.05) is 0 Å². The van der Waals surface area contributed by atoms with E-state index in [1.165, 1.54) is 27.8 Å². The number of hydrogen-bond donors (Lipinski definition) is 2. The number of nitrogens with two attached hydrogens (primary N) is 1. The maximum atomic E-state index is 5.78. The Kier molecular flexibility index (Phi) is 4.35. The maximum absolute atomic E-state index is 5.78. The van der Waals surface area contributed by atoms with E-state index < -0.39 is 0 Å². The minimum absolute atomic E-state index is 0.0470. The van der Waals surface area contributed by atoms with Gasteiger partial charge in [-0.25, -0.2) is 5.43 Å². The van der Waals surface area contributed by atoms with Crippen LogP contribution in [0.1, 0.15) is 40.8 Å². The standard InChI is InChI=1S/C17H22N2/c1-4-14-7-9-15(10-8-14)17(19-18)16-11-12(2)5-6-13(16)3/h5-11,17,19H,4,18H2,1-3H3. The van der Waals surface area contributed by atoms with E-state index in [9.17, 15) is 0 Å². The summed E-state index contributed by atoms with van der Waals surface area (Å²) in [6.45, 7) is 6.40. The molecule has 0 aliphatic rings. The van der Waals surface area contributed by atoms with Gasteiger partial charge < -0.3 is 0 Å². The molecule has 100 valence electrons. The van der Waals surface area contributed by atoms with Crippen LogP contribution in [0.2, 0.25) is 0 Å². The van der Waals surface area contributed by atoms with E-state index in [2.05, 4.69) is 68.7 Å². The molecule has 2 aromatic rings. The predicted octanol–water partition coefficient (Wildman–Crippen LogP) is 3.42. The molecule has 0 saturated carbocycles. The number of hydrazine groups is 1. The van der Waals surface area contributed by atoms with E-state index >= 15 is 0 Å². The van der Waals surface area contributed by atoms with Gasteiger partial charge in [-0.05, 0) is 42.5 Å². The second-order valence-electron chi connectivity index (χ2n) is 5.05. The first kappa shape index (κ1) is 13.8. The Morgan fingerprint density at radius 3 is 2.32 bits per heavy atom. The van der Waals surface area contributed by atoms with E-state index in [0.29, 0.717) is 0 Å². The van der Waals surface area contributed by atoms with Gasteiger partial charge in [-0.1, -0.05) is 55.0 Å². The molecule has 0 amide bonds. The quantitative estimate of drug-likeness (QED) is 0.648. The Balaban J connectivity index is 2.40. The minimum Gasteiger partial charge on any atom is -0.271 e. The lowest BCUT2D eigenvalue weighted by Crippen LogP contribution is -2.29. The van der Waals surface area contributed by atoms with Gasteiger partial charge in [-0.15, -0.1) is 0 Å². The number of aryl methyl sites for hydroxylation is 3. The van der Waals surface area contributed by atoms with Crippen molar-refractivity contribution in [2.45, 2.75) is 33.2 Å². The summed E-state index contributed by atoms with van der Waals surface area (Å²) >= 11 is 0. The zero-order chi connectivity index (χ0) is 13.8. The first-order chi connectivity index (χ1) is 9.15. The monoisotopic (exact) mass is 254 g/mol. The van der Waals surface area contributed by atoms with Gasteiger partial charge in [-0.2, -0.15) is 0 Å². The molecule has 0 aliphatic carbocycles. The summed E-state index contributed by atoms with van der Waals surface area (Å²) in [6, 6.07) is 15.2. The van der Waals surface area contributed by atoms with Crippen LogP contribution >= 0.6 is 0 Å². The molecule has 2 aromatic carbocycles. The molecule has 1 atom stereocenters. The summed E-state index contributed by atoms with van der Waals surface area (Å²) in [4.78, 5) is 0. The van der Waals surface area contributed by atoms with Crippen molar-refractivity contribution >= 4 is 0 Å². The lowest BCUT2D eigenvalue weighted by molar-refractivity contribution is 0.633. The second kappa shape index (κ2) is 6.00. The van der Waals surface area contributed by atoms with Gasteiger partial charge in [0.1, 0.15) is 0 Å². The summed E-state index contributed by atoms with van der Waals surface area (Å²) in [5.41, 5.74) is 9.25. The summed E-state index contributed by atoms with van der Waals surface area (Å²) in [7, 11) is 0. The van der Waals surface area contributed by atoms with Crippen LogP contribution < -0.4 is 11.3 Å². The molecule has 1 unspecified atom stereocenters. The number of benzene rings is 2. The molecule has 2 heteroatoms. The summed E-state index contributed by atoms with van der Waals surface area (Å²) in [6.07, 6.45) is 1.06. The third-order valence-electron chi connectivity index (χ3n) is 3.63. The van der Waals surface area contributed by atoms with Crippen LogP contribution in [0.5, 0.6) is 0 Å². The van der Waals surface area contributed by atoms with Crippen molar-refractivity contribution in [3.05, 3.63) is 70.3 Å². The SMILES string of the molecule is CCc1ccc(C(NN)c2cc(C)ccc2C)cc1. The van der Waals surface area contributed by atoms with Gasteiger partial charge in [0.15, 0.2) is 0 Å². The molecule has 2 rings (SSSR count). The Labute approximate surface area is 115 Å². The van der Waals surface area contributed by atoms with Crippen molar-refractivity contribution in [1.82, 2.24) is 5.43 Å². The van der Waals surface area contributed by atoms with Crippen LogP contribution in [0.25, 0.3) is 0 Å². The topological polar surface area (TPSA) is 38.0 Å². The van der Waals surface area contributed by atoms with Crippen molar-refractivity contribution in [3.63, 3.8) is 0 Å². The van der Waals surface area contributed by atoms with Crippen molar-refractivity contribution in [3.8, 4) is 0 Å². The van der Waals surface area contributed by atoms with Crippen molar-refractivity contribution in [2.24, 2.45) is 5.84 Å². The van der Waals surface area contributed by atoms with Gasteiger partial charge >= 0.3 is 0 Å². The van der Waals surface area contributed by atoms with Crippen LogP contribution in [0.15, 0.2) is 42.5 Å². The zero-order valence-electron chi connectivity index (χ0n) is 11.9. The van der Waals surface area contributed by atoms with E-state index in [0.717, 1.165) is 6.42 Å². The van der Waals surface area contributed by atoms with Crippen LogP contribution in [-0.2, 0) is 6.42 Å². The molecule has 3 N–H and O–H groups in total. The molecule has 0 bridgehead atoms. The first-order valence-corrected chi connectivity index (χ1v) is 6.77. The second-order valence-corrected chi connectivity index (χ2v) is 5.05. The van der Waals surface area contributed by atoms with E-state index in [1.807, 2.05) is 0 Å². The highest BCUT2D eigenvalue weighted by Gasteiger charge is 2.14. The first-order valence-electron chi connectivity index (χ1n) is 6.77. The summed E-state index contributed by atoms with van der Waals surface area (Å²) in [5, 5.41) is 0. The molecular formula is C17H22N2. The molecule has 0 aromatic heterocycles. The predicted molar refractivity (Wildman–Crippen MR) is 80.9 cm³/mol. The van der Waals surface area contributed by atoms with E-state index in [1.54, 1.807) is 0 Å². The molecular weight excluding hydrogens is 232 g/mol. The van der Waals surface area contributed by atoms with Crippen LogP contribution in [0.3, 0.4) is 0 Å². The average molecular weight is 254 g/mol. The molecule has 0 spiro atoms. The Bertz CT molecular complexity index is 544. The van der Waals surface area contributed by atoms with Gasteiger partial charge in [0.25, 0.3) is 0 Å². The fourth-order valence-corrected chi connectivity index (χ4v) is 2.38. The molecule has 0 aliphatic heterocycles. The van der Waals surface area contributed by atoms with Gasteiger partial charge in [-0.3, -0.25) is 5.84 Å². The average Bonchev–Trinajstić information content (AvgIpc) is 2.44. The lowest BCUT2D eigenvalue weighted by atomic mass is 9.93. The Morgan fingerprint density at radius 2 is 1.74 bits per heavy atom. The normalized spacial score (nSPS) is 12.4. The molecule has 0 radical (unpaired) electrons. The fourth-order valence-electron chi connectivity index (χ4n) is 2.38. The molecule has 0 heterocycles. The summed E-state index contributed by atoms with van der Waals surface area (Å²) < 4.78 is 0. The largest absolute Gasteiger partial charge is 0.271 e. The number of hydrogen-bond acceptors (Lipinski definition) is 2. The number of rotatable bonds is 4.